The predicted molar refractivity (Wildman–Crippen MR) is 87.6 cm³/mol. The summed E-state index contributed by atoms with van der Waals surface area (Å²) in [4.78, 5) is 12.2. The maximum atomic E-state index is 12.2. The Morgan fingerprint density at radius 1 is 1.09 bits per heavy atom. The zero-order valence-corrected chi connectivity index (χ0v) is 14.0. The Labute approximate surface area is 137 Å². The summed E-state index contributed by atoms with van der Waals surface area (Å²) in [5, 5.41) is 16.0. The average molecular weight is 330 g/mol. The number of carbonyl (C=O) groups is 1. The van der Waals surface area contributed by atoms with E-state index in [0.29, 0.717) is 12.1 Å². The lowest BCUT2D eigenvalue weighted by atomic mass is 9.73. The Morgan fingerprint density at radius 2 is 1.95 bits per heavy atom. The van der Waals surface area contributed by atoms with Crippen molar-refractivity contribution in [3.8, 4) is 0 Å². The van der Waals surface area contributed by atoms with Gasteiger partial charge in [-0.1, -0.05) is 0 Å². The van der Waals surface area contributed by atoms with E-state index in [0.717, 1.165) is 44.2 Å². The molecule has 7 heteroatoms. The summed E-state index contributed by atoms with van der Waals surface area (Å²) < 4.78 is 0. The van der Waals surface area contributed by atoms with E-state index in [4.69, 9.17) is 11.6 Å². The molecule has 0 radical (unpaired) electrons. The normalized spacial score (nSPS) is 42.3. The number of alkyl halides is 1. The third-order valence-electron chi connectivity index (χ3n) is 5.21. The highest BCUT2D eigenvalue weighted by molar-refractivity contribution is 6.20. The number of piperidine rings is 1. The van der Waals surface area contributed by atoms with E-state index in [-0.39, 0.29) is 17.8 Å². The topological polar surface area (TPSA) is 77.2 Å². The summed E-state index contributed by atoms with van der Waals surface area (Å²) in [7, 11) is 0. The third-order valence-corrected chi connectivity index (χ3v) is 5.51. The van der Waals surface area contributed by atoms with E-state index >= 15 is 0 Å². The number of carbonyl (C=O) groups excluding carboxylic acids is 1. The van der Waals surface area contributed by atoms with Gasteiger partial charge in [0.1, 0.15) is 6.29 Å². The van der Waals surface area contributed by atoms with Crippen molar-refractivity contribution < 1.29 is 4.79 Å². The molecule has 6 atom stereocenters. The van der Waals surface area contributed by atoms with Gasteiger partial charge in [0.2, 0.25) is 0 Å². The van der Waals surface area contributed by atoms with E-state index in [2.05, 4.69) is 33.5 Å². The van der Waals surface area contributed by atoms with Crippen molar-refractivity contribution in [2.24, 2.45) is 11.8 Å². The molecule has 3 fully saturated rings. The lowest BCUT2D eigenvalue weighted by Crippen LogP contribution is -2.65. The SMILES string of the molecule is CC1CC(Cl)NC(NC(=O)NC2CCC3CNCCC3C2)N1. The lowest BCUT2D eigenvalue weighted by molar-refractivity contribution is 0.153. The summed E-state index contributed by atoms with van der Waals surface area (Å²) in [6, 6.07) is 0.478. The van der Waals surface area contributed by atoms with Crippen LogP contribution >= 0.6 is 11.6 Å². The molecule has 1 aliphatic carbocycles. The van der Waals surface area contributed by atoms with Gasteiger partial charge >= 0.3 is 6.03 Å². The molecule has 0 bridgehead atoms. The van der Waals surface area contributed by atoms with Crippen molar-refractivity contribution >= 4 is 17.6 Å². The van der Waals surface area contributed by atoms with Crippen molar-refractivity contribution in [2.75, 3.05) is 13.1 Å². The molecule has 0 aromatic rings. The van der Waals surface area contributed by atoms with Crippen LogP contribution in [0.2, 0.25) is 0 Å². The Bertz CT molecular complexity index is 386. The second-order valence-electron chi connectivity index (χ2n) is 7.01. The summed E-state index contributed by atoms with van der Waals surface area (Å²) in [5.41, 5.74) is -0.105. The Balaban J connectivity index is 1.43. The zero-order chi connectivity index (χ0) is 15.5. The van der Waals surface area contributed by atoms with Crippen molar-refractivity contribution in [3.05, 3.63) is 0 Å². The fourth-order valence-corrected chi connectivity index (χ4v) is 4.45. The highest BCUT2D eigenvalue weighted by Gasteiger charge is 2.33. The standard InChI is InChI=1S/C15H28ClN5O/c1-9-6-13(16)20-14(18-9)21-15(22)19-12-3-2-11-8-17-5-4-10(11)7-12/h9-14,17-18,20H,2-8H2,1H3,(H2,19,21,22). The number of rotatable bonds is 2. The smallest absolute Gasteiger partial charge is 0.317 e. The molecule has 2 heterocycles. The highest BCUT2D eigenvalue weighted by Crippen LogP contribution is 2.33. The Morgan fingerprint density at radius 3 is 2.77 bits per heavy atom. The van der Waals surface area contributed by atoms with Crippen LogP contribution in [0.3, 0.4) is 0 Å². The maximum Gasteiger partial charge on any atom is 0.317 e. The molecule has 0 spiro atoms. The average Bonchev–Trinajstić information content (AvgIpc) is 2.45. The molecule has 3 rings (SSSR count). The van der Waals surface area contributed by atoms with Crippen LogP contribution in [0.5, 0.6) is 0 Å². The van der Waals surface area contributed by atoms with E-state index in [1.807, 2.05) is 0 Å². The molecular weight excluding hydrogens is 302 g/mol. The lowest BCUT2D eigenvalue weighted by Gasteiger charge is -2.40. The van der Waals surface area contributed by atoms with Gasteiger partial charge in [-0.25, -0.2) is 4.79 Å². The number of amides is 2. The van der Waals surface area contributed by atoms with E-state index in [1.54, 1.807) is 0 Å². The van der Waals surface area contributed by atoms with Crippen molar-refractivity contribution in [1.82, 2.24) is 26.6 Å². The van der Waals surface area contributed by atoms with Crippen LogP contribution < -0.4 is 26.6 Å². The summed E-state index contributed by atoms with van der Waals surface area (Å²) in [6.07, 6.45) is 5.23. The second kappa shape index (κ2) is 7.34. The number of nitrogens with one attached hydrogen (secondary N) is 5. The van der Waals surface area contributed by atoms with Crippen LogP contribution in [0, 0.1) is 11.8 Å². The molecule has 0 aromatic carbocycles. The Hall–Kier alpha value is -0.560. The zero-order valence-electron chi connectivity index (χ0n) is 13.2. The summed E-state index contributed by atoms with van der Waals surface area (Å²) in [5.74, 6) is 1.56. The van der Waals surface area contributed by atoms with Crippen LogP contribution in [0.1, 0.15) is 39.0 Å². The summed E-state index contributed by atoms with van der Waals surface area (Å²) in [6.45, 7) is 4.33. The van der Waals surface area contributed by atoms with E-state index < -0.39 is 0 Å². The Kier molecular flexibility index (Phi) is 5.44. The van der Waals surface area contributed by atoms with Gasteiger partial charge in [0.15, 0.2) is 0 Å². The molecule has 22 heavy (non-hydrogen) atoms. The van der Waals surface area contributed by atoms with Crippen LogP contribution in [0.25, 0.3) is 0 Å². The van der Waals surface area contributed by atoms with Gasteiger partial charge in [-0.05, 0) is 64.0 Å². The molecule has 126 valence electrons. The summed E-state index contributed by atoms with van der Waals surface area (Å²) >= 11 is 6.13. The van der Waals surface area contributed by atoms with Crippen LogP contribution in [-0.4, -0.2) is 43.0 Å². The van der Waals surface area contributed by atoms with Crippen molar-refractivity contribution in [1.29, 1.82) is 0 Å². The van der Waals surface area contributed by atoms with Gasteiger partial charge in [-0.15, -0.1) is 11.6 Å². The molecular formula is C15H28ClN5O. The van der Waals surface area contributed by atoms with Crippen LogP contribution in [-0.2, 0) is 0 Å². The van der Waals surface area contributed by atoms with Gasteiger partial charge in [-0.2, -0.15) is 0 Å². The molecule has 2 aliphatic heterocycles. The molecule has 3 aliphatic rings. The van der Waals surface area contributed by atoms with Crippen molar-refractivity contribution in [2.45, 2.75) is 62.9 Å². The molecule has 1 saturated carbocycles. The van der Waals surface area contributed by atoms with Gasteiger partial charge in [0.25, 0.3) is 0 Å². The fourth-order valence-electron chi connectivity index (χ4n) is 4.06. The fraction of sp³-hybridized carbons (Fsp3) is 0.933. The molecule has 2 saturated heterocycles. The maximum absolute atomic E-state index is 12.2. The quantitative estimate of drug-likeness (QED) is 0.385. The van der Waals surface area contributed by atoms with Crippen molar-refractivity contribution in [3.63, 3.8) is 0 Å². The van der Waals surface area contributed by atoms with Gasteiger partial charge in [0, 0.05) is 12.1 Å². The predicted octanol–water partition coefficient (Wildman–Crippen LogP) is 0.884. The third kappa shape index (κ3) is 4.25. The molecule has 0 aromatic heterocycles. The first-order chi connectivity index (χ1) is 10.6. The number of urea groups is 1. The number of fused-ring (bicyclic) bond motifs is 1. The number of hydrogen-bond acceptors (Lipinski definition) is 4. The molecule has 5 N–H and O–H groups in total. The van der Waals surface area contributed by atoms with E-state index in [1.165, 1.54) is 12.8 Å². The molecule has 2 amide bonds. The minimum atomic E-state index is -0.263. The second-order valence-corrected chi connectivity index (χ2v) is 7.54. The minimum absolute atomic E-state index is 0.105. The largest absolute Gasteiger partial charge is 0.335 e. The van der Waals surface area contributed by atoms with E-state index in [9.17, 15) is 4.79 Å². The highest BCUT2D eigenvalue weighted by atomic mass is 35.5. The van der Waals surface area contributed by atoms with Gasteiger partial charge in [-0.3, -0.25) is 10.6 Å². The van der Waals surface area contributed by atoms with Gasteiger partial charge < -0.3 is 16.0 Å². The number of hydrogen-bond donors (Lipinski definition) is 5. The molecule has 6 nitrogen and oxygen atoms in total. The first-order valence-corrected chi connectivity index (χ1v) is 8.97. The molecule has 6 unspecified atom stereocenters. The monoisotopic (exact) mass is 329 g/mol. The minimum Gasteiger partial charge on any atom is -0.335 e. The van der Waals surface area contributed by atoms with Crippen LogP contribution in [0.15, 0.2) is 0 Å². The van der Waals surface area contributed by atoms with Gasteiger partial charge in [0.05, 0.1) is 5.50 Å². The number of halogens is 1. The first-order valence-electron chi connectivity index (χ1n) is 8.54. The van der Waals surface area contributed by atoms with Crippen LogP contribution in [0.4, 0.5) is 4.79 Å². The first kappa shape index (κ1) is 16.3.